The second-order valence-corrected chi connectivity index (χ2v) is 3.19. The van der Waals surface area contributed by atoms with E-state index in [-0.39, 0.29) is 5.88 Å². The molecular formula is C8H4Cl3N. The van der Waals surface area contributed by atoms with Crippen LogP contribution in [0, 0.1) is 11.3 Å². The number of halogens is 3. The van der Waals surface area contributed by atoms with Crippen LogP contribution in [0.4, 0.5) is 0 Å². The Hall–Kier alpha value is -0.420. The van der Waals surface area contributed by atoms with Gasteiger partial charge < -0.3 is 0 Å². The molecule has 0 aliphatic heterocycles. The molecule has 1 aromatic carbocycles. The molecule has 0 saturated heterocycles. The minimum absolute atomic E-state index is 0.197. The Balaban J connectivity index is 3.38. The summed E-state index contributed by atoms with van der Waals surface area (Å²) in [4.78, 5) is 0. The zero-order valence-electron chi connectivity index (χ0n) is 5.94. The molecule has 12 heavy (non-hydrogen) atoms. The summed E-state index contributed by atoms with van der Waals surface area (Å²) < 4.78 is 0. The third-order valence-corrected chi connectivity index (χ3v) is 2.56. The second kappa shape index (κ2) is 4.00. The van der Waals surface area contributed by atoms with Crippen LogP contribution >= 0.6 is 34.8 Å². The first-order valence-corrected chi connectivity index (χ1v) is 4.42. The molecule has 0 radical (unpaired) electrons. The molecule has 0 N–H and O–H groups in total. The van der Waals surface area contributed by atoms with Gasteiger partial charge in [-0.2, -0.15) is 5.26 Å². The highest BCUT2D eigenvalue weighted by atomic mass is 35.5. The molecule has 0 aromatic heterocycles. The van der Waals surface area contributed by atoms with Gasteiger partial charge in [-0.25, -0.2) is 0 Å². The standard InChI is InChI=1S/C8H4Cl3N/c9-3-6-5(4-12)1-2-7(10)8(6)11/h1-2H,3H2. The Morgan fingerprint density at radius 2 is 2.00 bits per heavy atom. The van der Waals surface area contributed by atoms with Crippen LogP contribution in [0.25, 0.3) is 0 Å². The molecular weight excluding hydrogens is 216 g/mol. The molecule has 0 amide bonds. The monoisotopic (exact) mass is 219 g/mol. The SMILES string of the molecule is N#Cc1ccc(Cl)c(Cl)c1CCl. The van der Waals surface area contributed by atoms with Gasteiger partial charge >= 0.3 is 0 Å². The predicted octanol–water partition coefficient (Wildman–Crippen LogP) is 3.60. The molecule has 62 valence electrons. The molecule has 1 aromatic rings. The molecule has 1 nitrogen and oxygen atoms in total. The van der Waals surface area contributed by atoms with Crippen molar-refractivity contribution in [3.8, 4) is 6.07 Å². The number of nitrogens with zero attached hydrogens (tertiary/aromatic N) is 1. The Kier molecular flexibility index (Phi) is 3.22. The lowest BCUT2D eigenvalue weighted by atomic mass is 10.1. The molecule has 1 rings (SSSR count). The molecule has 0 aliphatic rings. The first-order chi connectivity index (χ1) is 5.70. The highest BCUT2D eigenvalue weighted by molar-refractivity contribution is 6.42. The molecule has 0 fully saturated rings. The van der Waals surface area contributed by atoms with E-state index in [0.29, 0.717) is 21.2 Å². The van der Waals surface area contributed by atoms with Gasteiger partial charge in [0.25, 0.3) is 0 Å². The smallest absolute Gasteiger partial charge is 0.0995 e. The molecule has 4 heteroatoms. The lowest BCUT2D eigenvalue weighted by molar-refractivity contribution is 1.35. The van der Waals surface area contributed by atoms with E-state index < -0.39 is 0 Å². The van der Waals surface area contributed by atoms with Crippen molar-refractivity contribution in [3.05, 3.63) is 33.3 Å². The number of alkyl halides is 1. The Morgan fingerprint density at radius 3 is 2.50 bits per heavy atom. The predicted molar refractivity (Wildman–Crippen MR) is 50.7 cm³/mol. The molecule has 0 unspecified atom stereocenters. The fraction of sp³-hybridized carbons (Fsp3) is 0.125. The van der Waals surface area contributed by atoms with E-state index in [1.807, 2.05) is 6.07 Å². The van der Waals surface area contributed by atoms with Gasteiger partial charge in [0, 0.05) is 5.56 Å². The number of rotatable bonds is 1. The fourth-order valence-electron chi connectivity index (χ4n) is 0.828. The third kappa shape index (κ3) is 1.67. The number of hydrogen-bond donors (Lipinski definition) is 0. The minimum atomic E-state index is 0.197. The first-order valence-electron chi connectivity index (χ1n) is 3.13. The average molecular weight is 220 g/mol. The second-order valence-electron chi connectivity index (χ2n) is 2.13. The maximum atomic E-state index is 8.65. The topological polar surface area (TPSA) is 23.8 Å². The summed E-state index contributed by atoms with van der Waals surface area (Å²) in [6, 6.07) is 5.17. The Morgan fingerprint density at radius 1 is 1.33 bits per heavy atom. The van der Waals surface area contributed by atoms with Gasteiger partial charge in [0.1, 0.15) is 0 Å². The zero-order valence-corrected chi connectivity index (χ0v) is 8.21. The van der Waals surface area contributed by atoms with Crippen LogP contribution in [-0.4, -0.2) is 0 Å². The summed E-state index contributed by atoms with van der Waals surface area (Å²) in [7, 11) is 0. The van der Waals surface area contributed by atoms with Gasteiger partial charge in [0.15, 0.2) is 0 Å². The van der Waals surface area contributed by atoms with Crippen LogP contribution < -0.4 is 0 Å². The number of nitriles is 1. The van der Waals surface area contributed by atoms with E-state index in [2.05, 4.69) is 0 Å². The summed E-state index contributed by atoms with van der Waals surface area (Å²) >= 11 is 17.1. The van der Waals surface area contributed by atoms with Crippen molar-refractivity contribution in [3.63, 3.8) is 0 Å². The molecule has 0 bridgehead atoms. The number of benzene rings is 1. The van der Waals surface area contributed by atoms with Gasteiger partial charge in [0.2, 0.25) is 0 Å². The van der Waals surface area contributed by atoms with Gasteiger partial charge in [0.05, 0.1) is 27.6 Å². The molecule has 0 aliphatic carbocycles. The summed E-state index contributed by atoms with van der Waals surface area (Å²) in [5, 5.41) is 9.44. The lowest BCUT2D eigenvalue weighted by Gasteiger charge is -2.03. The van der Waals surface area contributed by atoms with Gasteiger partial charge in [-0.1, -0.05) is 23.2 Å². The van der Waals surface area contributed by atoms with Gasteiger partial charge in [-0.3, -0.25) is 0 Å². The van der Waals surface area contributed by atoms with Crippen molar-refractivity contribution in [2.45, 2.75) is 5.88 Å². The summed E-state index contributed by atoms with van der Waals surface area (Å²) in [6.07, 6.45) is 0. The normalized spacial score (nSPS) is 9.50. The Labute approximate surface area is 85.5 Å². The molecule has 0 atom stereocenters. The van der Waals surface area contributed by atoms with E-state index >= 15 is 0 Å². The number of hydrogen-bond acceptors (Lipinski definition) is 1. The lowest BCUT2D eigenvalue weighted by Crippen LogP contribution is -1.87. The first kappa shape index (κ1) is 9.67. The molecule has 0 spiro atoms. The van der Waals surface area contributed by atoms with Crippen LogP contribution in [0.2, 0.25) is 10.0 Å². The van der Waals surface area contributed by atoms with E-state index in [0.717, 1.165) is 0 Å². The van der Waals surface area contributed by atoms with Crippen LogP contribution in [0.5, 0.6) is 0 Å². The molecule has 0 saturated carbocycles. The van der Waals surface area contributed by atoms with Crippen LogP contribution in [0.1, 0.15) is 11.1 Å². The van der Waals surface area contributed by atoms with Crippen molar-refractivity contribution in [1.82, 2.24) is 0 Å². The van der Waals surface area contributed by atoms with Crippen molar-refractivity contribution in [1.29, 1.82) is 5.26 Å². The van der Waals surface area contributed by atoms with E-state index in [4.69, 9.17) is 40.1 Å². The van der Waals surface area contributed by atoms with Gasteiger partial charge in [-0.05, 0) is 12.1 Å². The summed E-state index contributed by atoms with van der Waals surface area (Å²) in [5.74, 6) is 0.197. The maximum Gasteiger partial charge on any atom is 0.0995 e. The Bertz CT molecular complexity index is 341. The van der Waals surface area contributed by atoms with Crippen molar-refractivity contribution in [2.24, 2.45) is 0 Å². The average Bonchev–Trinajstić information content (AvgIpc) is 2.09. The van der Waals surface area contributed by atoms with Crippen LogP contribution in [0.15, 0.2) is 12.1 Å². The van der Waals surface area contributed by atoms with Crippen LogP contribution in [0.3, 0.4) is 0 Å². The quantitative estimate of drug-likeness (QED) is 0.663. The third-order valence-electron chi connectivity index (χ3n) is 1.45. The zero-order chi connectivity index (χ0) is 9.14. The van der Waals surface area contributed by atoms with E-state index in [1.165, 1.54) is 0 Å². The summed E-state index contributed by atoms with van der Waals surface area (Å²) in [6.45, 7) is 0. The minimum Gasteiger partial charge on any atom is -0.192 e. The molecule has 0 heterocycles. The van der Waals surface area contributed by atoms with Crippen molar-refractivity contribution < 1.29 is 0 Å². The highest BCUT2D eigenvalue weighted by Gasteiger charge is 2.08. The fourth-order valence-corrected chi connectivity index (χ4v) is 1.58. The summed E-state index contributed by atoms with van der Waals surface area (Å²) in [5.41, 5.74) is 1.06. The van der Waals surface area contributed by atoms with Crippen LogP contribution in [-0.2, 0) is 5.88 Å². The van der Waals surface area contributed by atoms with Crippen molar-refractivity contribution in [2.75, 3.05) is 0 Å². The van der Waals surface area contributed by atoms with E-state index in [1.54, 1.807) is 12.1 Å². The highest BCUT2D eigenvalue weighted by Crippen LogP contribution is 2.29. The maximum absolute atomic E-state index is 8.65. The van der Waals surface area contributed by atoms with Crippen molar-refractivity contribution >= 4 is 34.8 Å². The van der Waals surface area contributed by atoms with E-state index in [9.17, 15) is 0 Å². The van der Waals surface area contributed by atoms with Gasteiger partial charge in [-0.15, -0.1) is 11.6 Å². The largest absolute Gasteiger partial charge is 0.192 e.